The van der Waals surface area contributed by atoms with E-state index in [2.05, 4.69) is 15.3 Å². The molecule has 1 aromatic heterocycles. The van der Waals surface area contributed by atoms with Gasteiger partial charge in [0.15, 0.2) is 0 Å². The van der Waals surface area contributed by atoms with Crippen LogP contribution in [0, 0.1) is 6.92 Å². The zero-order valence-corrected chi connectivity index (χ0v) is 8.90. The van der Waals surface area contributed by atoms with Crippen LogP contribution in [0.5, 0.6) is 5.88 Å². The van der Waals surface area contributed by atoms with E-state index in [1.54, 1.807) is 7.11 Å². The number of aromatic nitrogens is 2. The smallest absolute Gasteiger partial charge is 0.221 e. The third-order valence-electron chi connectivity index (χ3n) is 2.69. The number of aliphatic hydroxyl groups is 1. The van der Waals surface area contributed by atoms with Gasteiger partial charge in [0.1, 0.15) is 12.1 Å². The number of rotatable bonds is 3. The van der Waals surface area contributed by atoms with E-state index >= 15 is 0 Å². The first kappa shape index (κ1) is 10.2. The van der Waals surface area contributed by atoms with E-state index in [-0.39, 0.29) is 6.10 Å². The van der Waals surface area contributed by atoms with Crippen LogP contribution in [0.15, 0.2) is 6.33 Å². The fourth-order valence-electron chi connectivity index (χ4n) is 1.68. The SMILES string of the molecule is COc1ncnc(NC2CC(O)C2)c1C. The Morgan fingerprint density at radius 1 is 1.47 bits per heavy atom. The second-order valence-electron chi connectivity index (χ2n) is 3.82. The Balaban J connectivity index is 2.07. The lowest BCUT2D eigenvalue weighted by molar-refractivity contribution is 0.0835. The number of anilines is 1. The highest BCUT2D eigenvalue weighted by Crippen LogP contribution is 2.26. The first-order chi connectivity index (χ1) is 7.20. The largest absolute Gasteiger partial charge is 0.481 e. The highest BCUT2D eigenvalue weighted by atomic mass is 16.5. The van der Waals surface area contributed by atoms with Crippen molar-refractivity contribution >= 4 is 5.82 Å². The van der Waals surface area contributed by atoms with Crippen LogP contribution < -0.4 is 10.1 Å². The number of methoxy groups -OCH3 is 1. The molecule has 1 heterocycles. The number of aliphatic hydroxyl groups excluding tert-OH is 1. The Morgan fingerprint density at radius 2 is 2.20 bits per heavy atom. The molecule has 5 heteroatoms. The summed E-state index contributed by atoms with van der Waals surface area (Å²) >= 11 is 0. The molecular weight excluding hydrogens is 194 g/mol. The van der Waals surface area contributed by atoms with E-state index in [0.29, 0.717) is 11.9 Å². The van der Waals surface area contributed by atoms with Gasteiger partial charge in [0.25, 0.3) is 0 Å². The molecule has 0 saturated heterocycles. The summed E-state index contributed by atoms with van der Waals surface area (Å²) in [7, 11) is 1.59. The van der Waals surface area contributed by atoms with E-state index in [9.17, 15) is 0 Å². The van der Waals surface area contributed by atoms with Crippen molar-refractivity contribution in [2.24, 2.45) is 0 Å². The topological polar surface area (TPSA) is 67.3 Å². The van der Waals surface area contributed by atoms with Gasteiger partial charge in [-0.3, -0.25) is 0 Å². The van der Waals surface area contributed by atoms with Crippen LogP contribution in [0.2, 0.25) is 0 Å². The monoisotopic (exact) mass is 209 g/mol. The van der Waals surface area contributed by atoms with Gasteiger partial charge in [0.05, 0.1) is 18.8 Å². The zero-order valence-electron chi connectivity index (χ0n) is 8.90. The Morgan fingerprint density at radius 3 is 2.80 bits per heavy atom. The van der Waals surface area contributed by atoms with Crippen molar-refractivity contribution in [1.82, 2.24) is 9.97 Å². The third-order valence-corrected chi connectivity index (χ3v) is 2.69. The number of hydrogen-bond acceptors (Lipinski definition) is 5. The predicted octanol–water partition coefficient (Wildman–Crippen LogP) is 0.729. The van der Waals surface area contributed by atoms with Gasteiger partial charge in [-0.05, 0) is 19.8 Å². The lowest BCUT2D eigenvalue weighted by Gasteiger charge is -2.32. The van der Waals surface area contributed by atoms with Gasteiger partial charge in [0.2, 0.25) is 5.88 Å². The molecule has 1 aliphatic rings. The summed E-state index contributed by atoms with van der Waals surface area (Å²) in [5, 5.41) is 12.4. The van der Waals surface area contributed by atoms with E-state index in [4.69, 9.17) is 9.84 Å². The average Bonchev–Trinajstić information content (AvgIpc) is 2.18. The first-order valence-corrected chi connectivity index (χ1v) is 5.01. The fraction of sp³-hybridized carbons (Fsp3) is 0.600. The van der Waals surface area contributed by atoms with E-state index < -0.39 is 0 Å². The molecule has 15 heavy (non-hydrogen) atoms. The van der Waals surface area contributed by atoms with Crippen LogP contribution in [-0.2, 0) is 0 Å². The molecule has 1 fully saturated rings. The van der Waals surface area contributed by atoms with Gasteiger partial charge in [0, 0.05) is 6.04 Å². The summed E-state index contributed by atoms with van der Waals surface area (Å²) in [5.74, 6) is 1.38. The maximum absolute atomic E-state index is 9.17. The molecule has 0 radical (unpaired) electrons. The molecule has 0 aromatic carbocycles. The highest BCUT2D eigenvalue weighted by molar-refractivity contribution is 5.48. The number of ether oxygens (including phenoxy) is 1. The Hall–Kier alpha value is -1.36. The van der Waals surface area contributed by atoms with E-state index in [0.717, 1.165) is 24.2 Å². The van der Waals surface area contributed by atoms with Gasteiger partial charge in [-0.2, -0.15) is 0 Å². The minimum absolute atomic E-state index is 0.161. The molecule has 5 nitrogen and oxygen atoms in total. The maximum Gasteiger partial charge on any atom is 0.221 e. The normalized spacial score (nSPS) is 24.5. The molecule has 2 rings (SSSR count). The maximum atomic E-state index is 9.17. The lowest BCUT2D eigenvalue weighted by atomic mass is 9.89. The lowest BCUT2D eigenvalue weighted by Crippen LogP contribution is -2.39. The third kappa shape index (κ3) is 2.02. The molecule has 0 unspecified atom stereocenters. The molecular formula is C10H15N3O2. The number of nitrogens with one attached hydrogen (secondary N) is 1. The molecule has 0 aliphatic heterocycles. The van der Waals surface area contributed by atoms with Crippen molar-refractivity contribution in [3.63, 3.8) is 0 Å². The van der Waals surface area contributed by atoms with Gasteiger partial charge >= 0.3 is 0 Å². The fourth-order valence-corrected chi connectivity index (χ4v) is 1.68. The second kappa shape index (κ2) is 4.02. The molecule has 1 saturated carbocycles. The Labute approximate surface area is 88.5 Å². The Bertz CT molecular complexity index is 351. The van der Waals surface area contributed by atoms with Crippen molar-refractivity contribution in [2.75, 3.05) is 12.4 Å². The molecule has 0 bridgehead atoms. The number of nitrogens with zero attached hydrogens (tertiary/aromatic N) is 2. The van der Waals surface area contributed by atoms with Crippen molar-refractivity contribution in [3.8, 4) is 5.88 Å². The minimum Gasteiger partial charge on any atom is -0.481 e. The van der Waals surface area contributed by atoms with Crippen molar-refractivity contribution in [2.45, 2.75) is 31.9 Å². The van der Waals surface area contributed by atoms with Crippen molar-refractivity contribution in [3.05, 3.63) is 11.9 Å². The molecule has 0 atom stereocenters. The molecule has 1 aromatic rings. The van der Waals surface area contributed by atoms with Crippen LogP contribution >= 0.6 is 0 Å². The van der Waals surface area contributed by atoms with Crippen LogP contribution in [0.4, 0.5) is 5.82 Å². The van der Waals surface area contributed by atoms with Gasteiger partial charge < -0.3 is 15.2 Å². The second-order valence-corrected chi connectivity index (χ2v) is 3.82. The molecule has 1 aliphatic carbocycles. The van der Waals surface area contributed by atoms with E-state index in [1.165, 1.54) is 6.33 Å². The molecule has 82 valence electrons. The summed E-state index contributed by atoms with van der Waals surface area (Å²) in [6, 6.07) is 0.318. The Kier molecular flexibility index (Phi) is 2.73. The van der Waals surface area contributed by atoms with Crippen LogP contribution in [-0.4, -0.2) is 34.3 Å². The van der Waals surface area contributed by atoms with Crippen LogP contribution in [0.25, 0.3) is 0 Å². The van der Waals surface area contributed by atoms with E-state index in [1.807, 2.05) is 6.92 Å². The average molecular weight is 209 g/mol. The standard InChI is InChI=1S/C10H15N3O2/c1-6-9(11-5-12-10(6)15-2)13-7-3-8(14)4-7/h5,7-8,14H,3-4H2,1-2H3,(H,11,12,13). The molecule has 0 amide bonds. The summed E-state index contributed by atoms with van der Waals surface area (Å²) in [5.41, 5.74) is 0.904. The van der Waals surface area contributed by atoms with Gasteiger partial charge in [-0.1, -0.05) is 0 Å². The quantitative estimate of drug-likeness (QED) is 0.768. The number of hydrogen-bond donors (Lipinski definition) is 2. The summed E-state index contributed by atoms with van der Waals surface area (Å²) in [6.45, 7) is 1.91. The molecule has 2 N–H and O–H groups in total. The van der Waals surface area contributed by atoms with Crippen molar-refractivity contribution < 1.29 is 9.84 Å². The summed E-state index contributed by atoms with van der Waals surface area (Å²) in [6.07, 6.45) is 2.88. The van der Waals surface area contributed by atoms with Crippen molar-refractivity contribution in [1.29, 1.82) is 0 Å². The van der Waals surface area contributed by atoms with Gasteiger partial charge in [-0.25, -0.2) is 9.97 Å². The van der Waals surface area contributed by atoms with Crippen LogP contribution in [0.3, 0.4) is 0 Å². The summed E-state index contributed by atoms with van der Waals surface area (Å²) < 4.78 is 5.10. The highest BCUT2D eigenvalue weighted by Gasteiger charge is 2.27. The van der Waals surface area contributed by atoms with Gasteiger partial charge in [-0.15, -0.1) is 0 Å². The summed E-state index contributed by atoms with van der Waals surface area (Å²) in [4.78, 5) is 8.15. The zero-order chi connectivity index (χ0) is 10.8. The predicted molar refractivity (Wildman–Crippen MR) is 56.0 cm³/mol. The minimum atomic E-state index is -0.161. The molecule has 0 spiro atoms. The first-order valence-electron chi connectivity index (χ1n) is 5.01. The van der Waals surface area contributed by atoms with Crippen LogP contribution in [0.1, 0.15) is 18.4 Å².